The normalized spacial score (nSPS) is 29.4. The highest BCUT2D eigenvalue weighted by atomic mass is 16.5. The first-order valence-corrected chi connectivity index (χ1v) is 7.52. The van der Waals surface area contributed by atoms with Crippen LogP contribution in [-0.4, -0.2) is 18.2 Å². The Labute approximate surface area is 117 Å². The molecule has 0 amide bonds. The van der Waals surface area contributed by atoms with Gasteiger partial charge in [-0.2, -0.15) is 0 Å². The summed E-state index contributed by atoms with van der Waals surface area (Å²) in [5.74, 6) is 0.593. The van der Waals surface area contributed by atoms with E-state index in [0.29, 0.717) is 30.2 Å². The Hall–Kier alpha value is -0.860. The van der Waals surface area contributed by atoms with Crippen molar-refractivity contribution in [1.82, 2.24) is 5.32 Å². The van der Waals surface area contributed by atoms with Gasteiger partial charge in [-0.1, -0.05) is 44.2 Å². The summed E-state index contributed by atoms with van der Waals surface area (Å²) in [7, 11) is 0. The summed E-state index contributed by atoms with van der Waals surface area (Å²) in [5, 5.41) is 3.85. The summed E-state index contributed by atoms with van der Waals surface area (Å²) in [6.45, 7) is 8.93. The minimum atomic E-state index is 0.366. The fraction of sp³-hybridized carbons (Fsp3) is 0.647. The Balaban J connectivity index is 2.05. The number of nitrogens with one attached hydrogen (secondary N) is 1. The first-order valence-electron chi connectivity index (χ1n) is 7.52. The van der Waals surface area contributed by atoms with Crippen LogP contribution >= 0.6 is 0 Å². The summed E-state index contributed by atoms with van der Waals surface area (Å²) in [5.41, 5.74) is 1.39. The molecule has 1 aliphatic rings. The van der Waals surface area contributed by atoms with Gasteiger partial charge in [0.05, 0.1) is 12.2 Å². The summed E-state index contributed by atoms with van der Waals surface area (Å²) in [4.78, 5) is 0. The lowest BCUT2D eigenvalue weighted by Crippen LogP contribution is -2.43. The van der Waals surface area contributed by atoms with Gasteiger partial charge in [0.1, 0.15) is 0 Å². The molecule has 0 aliphatic carbocycles. The van der Waals surface area contributed by atoms with Gasteiger partial charge >= 0.3 is 0 Å². The summed E-state index contributed by atoms with van der Waals surface area (Å²) < 4.78 is 5.82. The summed E-state index contributed by atoms with van der Waals surface area (Å²) in [6, 6.07) is 11.8. The van der Waals surface area contributed by atoms with Gasteiger partial charge in [-0.05, 0) is 38.2 Å². The molecule has 106 valence electrons. The van der Waals surface area contributed by atoms with Crippen LogP contribution < -0.4 is 5.32 Å². The smallest absolute Gasteiger partial charge is 0.0565 e. The Morgan fingerprint density at radius 3 is 2.16 bits per heavy atom. The van der Waals surface area contributed by atoms with Crippen LogP contribution in [0.5, 0.6) is 0 Å². The van der Waals surface area contributed by atoms with E-state index in [2.05, 4.69) is 63.3 Å². The predicted octanol–water partition coefficient (Wildman–Crippen LogP) is 3.93. The predicted molar refractivity (Wildman–Crippen MR) is 80.2 cm³/mol. The van der Waals surface area contributed by atoms with E-state index in [0.717, 1.165) is 12.8 Å². The van der Waals surface area contributed by atoms with Gasteiger partial charge in [0.15, 0.2) is 0 Å². The average molecular weight is 261 g/mol. The third-order valence-electron chi connectivity index (χ3n) is 3.94. The van der Waals surface area contributed by atoms with Crippen molar-refractivity contribution in [2.45, 2.75) is 64.8 Å². The molecule has 1 fully saturated rings. The monoisotopic (exact) mass is 261 g/mol. The second-order valence-electron chi connectivity index (χ2n) is 6.22. The number of ether oxygens (including phenoxy) is 1. The van der Waals surface area contributed by atoms with Crippen molar-refractivity contribution in [3.8, 4) is 0 Å². The highest BCUT2D eigenvalue weighted by Gasteiger charge is 2.27. The van der Waals surface area contributed by atoms with Gasteiger partial charge in [-0.15, -0.1) is 0 Å². The van der Waals surface area contributed by atoms with Crippen LogP contribution in [0.3, 0.4) is 0 Å². The van der Waals surface area contributed by atoms with Gasteiger partial charge in [-0.25, -0.2) is 0 Å². The Kier molecular flexibility index (Phi) is 5.00. The SMILES string of the molecule is CC1CC(NC(c2ccccc2)C(C)C)CC(C)O1. The lowest BCUT2D eigenvalue weighted by Gasteiger charge is -2.36. The second kappa shape index (κ2) is 6.53. The molecule has 0 radical (unpaired) electrons. The molecule has 2 rings (SSSR count). The van der Waals surface area contributed by atoms with Crippen LogP contribution in [0.1, 0.15) is 52.1 Å². The van der Waals surface area contributed by atoms with Gasteiger partial charge in [0.25, 0.3) is 0 Å². The van der Waals surface area contributed by atoms with Crippen LogP contribution in [0, 0.1) is 5.92 Å². The molecule has 3 atom stereocenters. The molecule has 1 saturated heterocycles. The topological polar surface area (TPSA) is 21.3 Å². The van der Waals surface area contributed by atoms with Crippen molar-refractivity contribution in [2.75, 3.05) is 0 Å². The van der Waals surface area contributed by atoms with E-state index in [4.69, 9.17) is 4.74 Å². The second-order valence-corrected chi connectivity index (χ2v) is 6.22. The van der Waals surface area contributed by atoms with E-state index in [1.807, 2.05) is 0 Å². The molecule has 0 spiro atoms. The molecule has 2 nitrogen and oxygen atoms in total. The summed E-state index contributed by atoms with van der Waals surface area (Å²) >= 11 is 0. The molecule has 1 N–H and O–H groups in total. The molecule has 1 aromatic carbocycles. The molecule has 19 heavy (non-hydrogen) atoms. The first-order chi connectivity index (χ1) is 9.06. The standard InChI is InChI=1S/C17H27NO/c1-12(2)17(15-8-6-5-7-9-15)18-16-10-13(3)19-14(4)11-16/h5-9,12-14,16-18H,10-11H2,1-4H3. The number of rotatable bonds is 4. The Morgan fingerprint density at radius 2 is 1.63 bits per heavy atom. The van der Waals surface area contributed by atoms with Crippen LogP contribution in [0.2, 0.25) is 0 Å². The maximum Gasteiger partial charge on any atom is 0.0565 e. The van der Waals surface area contributed by atoms with Gasteiger partial charge in [-0.3, -0.25) is 0 Å². The fourth-order valence-electron chi connectivity index (χ4n) is 3.13. The zero-order valence-corrected chi connectivity index (χ0v) is 12.6. The van der Waals surface area contributed by atoms with E-state index in [1.54, 1.807) is 0 Å². The summed E-state index contributed by atoms with van der Waals surface area (Å²) in [6.07, 6.45) is 2.95. The molecule has 0 bridgehead atoms. The Bertz CT molecular complexity index is 366. The average Bonchev–Trinajstić information content (AvgIpc) is 2.35. The number of hydrogen-bond donors (Lipinski definition) is 1. The third kappa shape index (κ3) is 4.05. The molecular weight excluding hydrogens is 234 g/mol. The zero-order chi connectivity index (χ0) is 13.8. The fourth-order valence-corrected chi connectivity index (χ4v) is 3.13. The number of hydrogen-bond acceptors (Lipinski definition) is 2. The van der Waals surface area contributed by atoms with Crippen molar-refractivity contribution in [3.63, 3.8) is 0 Å². The van der Waals surface area contributed by atoms with Crippen molar-refractivity contribution >= 4 is 0 Å². The van der Waals surface area contributed by atoms with Crippen LogP contribution in [0.25, 0.3) is 0 Å². The molecule has 1 heterocycles. The molecule has 0 saturated carbocycles. The van der Waals surface area contributed by atoms with Gasteiger partial charge < -0.3 is 10.1 Å². The first kappa shape index (κ1) is 14.5. The number of benzene rings is 1. The van der Waals surface area contributed by atoms with E-state index in [9.17, 15) is 0 Å². The molecule has 0 aromatic heterocycles. The maximum atomic E-state index is 5.82. The Morgan fingerprint density at radius 1 is 1.05 bits per heavy atom. The van der Waals surface area contributed by atoms with Crippen molar-refractivity contribution < 1.29 is 4.74 Å². The molecule has 3 unspecified atom stereocenters. The molecular formula is C17H27NO. The highest BCUT2D eigenvalue weighted by Crippen LogP contribution is 2.26. The van der Waals surface area contributed by atoms with Gasteiger partial charge in [0.2, 0.25) is 0 Å². The van der Waals surface area contributed by atoms with Crippen LogP contribution in [0.15, 0.2) is 30.3 Å². The van der Waals surface area contributed by atoms with Crippen molar-refractivity contribution in [1.29, 1.82) is 0 Å². The van der Waals surface area contributed by atoms with E-state index < -0.39 is 0 Å². The molecule has 1 aromatic rings. The zero-order valence-electron chi connectivity index (χ0n) is 12.6. The molecule has 1 aliphatic heterocycles. The minimum absolute atomic E-state index is 0.366. The third-order valence-corrected chi connectivity index (χ3v) is 3.94. The quantitative estimate of drug-likeness (QED) is 0.886. The van der Waals surface area contributed by atoms with Gasteiger partial charge in [0, 0.05) is 12.1 Å². The lowest BCUT2D eigenvalue weighted by molar-refractivity contribution is -0.0444. The molecule has 2 heteroatoms. The van der Waals surface area contributed by atoms with E-state index in [-0.39, 0.29) is 0 Å². The largest absolute Gasteiger partial charge is 0.375 e. The highest BCUT2D eigenvalue weighted by molar-refractivity contribution is 5.19. The van der Waals surface area contributed by atoms with Crippen molar-refractivity contribution in [2.24, 2.45) is 5.92 Å². The van der Waals surface area contributed by atoms with E-state index in [1.165, 1.54) is 5.56 Å². The maximum absolute atomic E-state index is 5.82. The minimum Gasteiger partial charge on any atom is -0.375 e. The van der Waals surface area contributed by atoms with Crippen molar-refractivity contribution in [3.05, 3.63) is 35.9 Å². The van der Waals surface area contributed by atoms with Crippen LogP contribution in [0.4, 0.5) is 0 Å². The lowest BCUT2D eigenvalue weighted by atomic mass is 9.92. The van der Waals surface area contributed by atoms with E-state index >= 15 is 0 Å². The van der Waals surface area contributed by atoms with Crippen LogP contribution in [-0.2, 0) is 4.74 Å².